The van der Waals surface area contributed by atoms with E-state index in [-0.39, 0.29) is 5.57 Å². The van der Waals surface area contributed by atoms with Crippen LogP contribution in [0.25, 0.3) is 6.08 Å². The van der Waals surface area contributed by atoms with Gasteiger partial charge in [-0.3, -0.25) is 15.0 Å². The Bertz CT molecular complexity index is 1220. The summed E-state index contributed by atoms with van der Waals surface area (Å²) in [6, 6.07) is 20.2. The molecule has 174 valence electrons. The summed E-state index contributed by atoms with van der Waals surface area (Å²) in [7, 11) is 1.54. The summed E-state index contributed by atoms with van der Waals surface area (Å²) in [6.45, 7) is 4.76. The fourth-order valence-electron chi connectivity index (χ4n) is 3.70. The lowest BCUT2D eigenvalue weighted by atomic mass is 10.1. The molecule has 3 aromatic rings. The van der Waals surface area contributed by atoms with Gasteiger partial charge in [0.15, 0.2) is 11.5 Å². The first-order valence-corrected chi connectivity index (χ1v) is 10.9. The van der Waals surface area contributed by atoms with E-state index in [9.17, 15) is 9.59 Å². The zero-order valence-electron chi connectivity index (χ0n) is 19.3. The fourth-order valence-corrected chi connectivity index (χ4v) is 3.70. The van der Waals surface area contributed by atoms with Crippen LogP contribution in [0, 0.1) is 13.8 Å². The third-order valence-corrected chi connectivity index (χ3v) is 5.21. The van der Waals surface area contributed by atoms with Gasteiger partial charge in [0.2, 0.25) is 0 Å². The minimum Gasteiger partial charge on any atom is -0.493 e. The first-order valence-electron chi connectivity index (χ1n) is 10.9. The number of anilines is 1. The summed E-state index contributed by atoms with van der Waals surface area (Å²) >= 11 is 0. The Morgan fingerprint density at radius 1 is 0.853 bits per heavy atom. The number of aryl methyl sites for hydroxylation is 2. The number of methoxy groups -OCH3 is 1. The molecule has 1 aliphatic heterocycles. The molecule has 1 aliphatic rings. The van der Waals surface area contributed by atoms with Crippen LogP contribution in [0.5, 0.6) is 17.2 Å². The third kappa shape index (κ3) is 5.20. The van der Waals surface area contributed by atoms with Crippen LogP contribution in [-0.4, -0.2) is 32.1 Å². The first kappa shape index (κ1) is 22.9. The molecule has 1 heterocycles. The van der Waals surface area contributed by atoms with Crippen molar-refractivity contribution in [2.24, 2.45) is 0 Å². The largest absolute Gasteiger partial charge is 0.493 e. The molecule has 0 bridgehead atoms. The highest BCUT2D eigenvalue weighted by molar-refractivity contribution is 6.31. The number of carbonyl (C=O) groups is 2. The lowest BCUT2D eigenvalue weighted by Gasteiger charge is -2.14. The van der Waals surface area contributed by atoms with E-state index in [4.69, 9.17) is 14.2 Å². The second kappa shape index (κ2) is 10.1. The van der Waals surface area contributed by atoms with Gasteiger partial charge in [-0.15, -0.1) is 0 Å². The van der Waals surface area contributed by atoms with Crippen LogP contribution < -0.4 is 24.6 Å². The molecule has 0 unspecified atom stereocenters. The van der Waals surface area contributed by atoms with Crippen molar-refractivity contribution in [1.29, 1.82) is 0 Å². The molecule has 0 atom stereocenters. The Morgan fingerprint density at radius 2 is 1.56 bits per heavy atom. The molecule has 0 spiro atoms. The number of carbonyl (C=O) groups excluding carboxylic acids is 2. The highest BCUT2D eigenvalue weighted by Gasteiger charge is 2.34. The Balaban J connectivity index is 1.42. The molecular formula is C27H26N2O5. The van der Waals surface area contributed by atoms with E-state index in [1.165, 1.54) is 18.2 Å². The number of ether oxygens (including phenoxy) is 3. The van der Waals surface area contributed by atoms with Gasteiger partial charge in [-0.25, -0.2) is 5.01 Å². The van der Waals surface area contributed by atoms with Crippen molar-refractivity contribution in [2.75, 3.05) is 25.3 Å². The molecule has 7 heteroatoms. The molecule has 2 amide bonds. The van der Waals surface area contributed by atoms with Crippen molar-refractivity contribution in [2.45, 2.75) is 13.8 Å². The number of para-hydroxylation sites is 1. The molecule has 4 rings (SSSR count). The molecule has 1 N–H and O–H groups in total. The Kier molecular flexibility index (Phi) is 6.82. The normalized spacial score (nSPS) is 14.3. The van der Waals surface area contributed by atoms with E-state index in [1.807, 2.05) is 32.0 Å². The number of hydrogen-bond acceptors (Lipinski definition) is 5. The van der Waals surface area contributed by atoms with Gasteiger partial charge in [0.05, 0.1) is 12.8 Å². The van der Waals surface area contributed by atoms with Gasteiger partial charge in [0.25, 0.3) is 11.8 Å². The van der Waals surface area contributed by atoms with Crippen LogP contribution in [-0.2, 0) is 9.59 Å². The van der Waals surface area contributed by atoms with E-state index in [2.05, 4.69) is 11.5 Å². The number of amides is 2. The Labute approximate surface area is 198 Å². The van der Waals surface area contributed by atoms with E-state index < -0.39 is 11.8 Å². The number of hydrogen-bond donors (Lipinski definition) is 1. The van der Waals surface area contributed by atoms with Crippen LogP contribution in [0.3, 0.4) is 0 Å². The number of benzene rings is 3. The van der Waals surface area contributed by atoms with Gasteiger partial charge in [0.1, 0.15) is 24.5 Å². The SMILES string of the molecule is COc1cc(C=C2C(=O)NN(c3ccccc3)C2=O)ccc1OCCOc1cc(C)cc(C)c1. The summed E-state index contributed by atoms with van der Waals surface area (Å²) in [5, 5.41) is 1.23. The van der Waals surface area contributed by atoms with E-state index in [0.717, 1.165) is 16.9 Å². The highest BCUT2D eigenvalue weighted by atomic mass is 16.5. The number of nitrogens with zero attached hydrogens (tertiary/aromatic N) is 1. The van der Waals surface area contributed by atoms with Crippen LogP contribution >= 0.6 is 0 Å². The zero-order chi connectivity index (χ0) is 24.1. The van der Waals surface area contributed by atoms with Gasteiger partial charge in [-0.1, -0.05) is 30.3 Å². The van der Waals surface area contributed by atoms with Crippen LogP contribution in [0.2, 0.25) is 0 Å². The molecule has 34 heavy (non-hydrogen) atoms. The van der Waals surface area contributed by atoms with Crippen LogP contribution in [0.1, 0.15) is 16.7 Å². The quantitative estimate of drug-likeness (QED) is 0.311. The molecule has 1 saturated heterocycles. The minimum atomic E-state index is -0.461. The minimum absolute atomic E-state index is 0.0430. The number of nitrogens with one attached hydrogen (secondary N) is 1. The third-order valence-electron chi connectivity index (χ3n) is 5.21. The average molecular weight is 459 g/mol. The maximum Gasteiger partial charge on any atom is 0.282 e. The second-order valence-electron chi connectivity index (χ2n) is 7.91. The van der Waals surface area contributed by atoms with Crippen molar-refractivity contribution in [3.63, 3.8) is 0 Å². The van der Waals surface area contributed by atoms with Crippen molar-refractivity contribution >= 4 is 23.6 Å². The molecular weight excluding hydrogens is 432 g/mol. The maximum atomic E-state index is 12.8. The van der Waals surface area contributed by atoms with Crippen molar-refractivity contribution < 1.29 is 23.8 Å². The summed E-state index contributed by atoms with van der Waals surface area (Å²) in [4.78, 5) is 25.2. The summed E-state index contributed by atoms with van der Waals surface area (Å²) in [6.07, 6.45) is 1.54. The predicted octanol–water partition coefficient (Wildman–Crippen LogP) is 4.23. The number of rotatable bonds is 8. The first-order chi connectivity index (χ1) is 16.4. The lowest BCUT2D eigenvalue weighted by Crippen LogP contribution is -2.35. The van der Waals surface area contributed by atoms with Gasteiger partial charge in [0, 0.05) is 0 Å². The van der Waals surface area contributed by atoms with Crippen molar-refractivity contribution in [3.8, 4) is 17.2 Å². The molecule has 0 aliphatic carbocycles. The maximum absolute atomic E-state index is 12.8. The average Bonchev–Trinajstić information content (AvgIpc) is 3.10. The van der Waals surface area contributed by atoms with Gasteiger partial charge in [-0.05, 0) is 73.0 Å². The summed E-state index contributed by atoms with van der Waals surface area (Å²) in [5.41, 5.74) is 6.15. The molecule has 1 fully saturated rings. The smallest absolute Gasteiger partial charge is 0.282 e. The van der Waals surface area contributed by atoms with Gasteiger partial charge < -0.3 is 14.2 Å². The summed E-state index contributed by atoms with van der Waals surface area (Å²) < 4.78 is 17.1. The standard InChI is InChI=1S/C27H26N2O5/c1-18-13-19(2)15-22(14-18)33-11-12-34-24-10-9-20(17-25(24)32-3)16-23-26(30)28-29(27(23)31)21-7-5-4-6-8-21/h4-10,13-17H,11-12H2,1-3H3,(H,28,30). The van der Waals surface area contributed by atoms with Crippen LogP contribution in [0.15, 0.2) is 72.3 Å². The monoisotopic (exact) mass is 458 g/mol. The molecule has 0 saturated carbocycles. The number of hydrazine groups is 1. The van der Waals surface area contributed by atoms with E-state index in [0.29, 0.717) is 36.0 Å². The predicted molar refractivity (Wildman–Crippen MR) is 130 cm³/mol. The van der Waals surface area contributed by atoms with Crippen LogP contribution in [0.4, 0.5) is 5.69 Å². The molecule has 7 nitrogen and oxygen atoms in total. The second-order valence-corrected chi connectivity index (χ2v) is 7.91. The van der Waals surface area contributed by atoms with E-state index in [1.54, 1.807) is 42.5 Å². The summed E-state index contributed by atoms with van der Waals surface area (Å²) in [5.74, 6) is 0.961. The van der Waals surface area contributed by atoms with E-state index >= 15 is 0 Å². The Hall–Kier alpha value is -4.26. The van der Waals surface area contributed by atoms with Crippen molar-refractivity contribution in [3.05, 3.63) is 89.0 Å². The fraction of sp³-hybridized carbons (Fsp3) is 0.185. The Morgan fingerprint density at radius 3 is 2.26 bits per heavy atom. The lowest BCUT2D eigenvalue weighted by molar-refractivity contribution is -0.117. The highest BCUT2D eigenvalue weighted by Crippen LogP contribution is 2.30. The molecule has 3 aromatic carbocycles. The topological polar surface area (TPSA) is 77.1 Å². The van der Waals surface area contributed by atoms with Gasteiger partial charge in [-0.2, -0.15) is 0 Å². The zero-order valence-corrected chi connectivity index (χ0v) is 19.3. The molecule has 0 radical (unpaired) electrons. The molecule has 0 aromatic heterocycles. The van der Waals surface area contributed by atoms with Gasteiger partial charge >= 0.3 is 0 Å². The van der Waals surface area contributed by atoms with Crippen molar-refractivity contribution in [1.82, 2.24) is 5.43 Å².